The van der Waals surface area contributed by atoms with Crippen molar-refractivity contribution in [1.82, 2.24) is 14.8 Å². The van der Waals surface area contributed by atoms with Crippen molar-refractivity contribution in [2.24, 2.45) is 0 Å². The molecule has 0 unspecified atom stereocenters. The van der Waals surface area contributed by atoms with Gasteiger partial charge in [0.2, 0.25) is 0 Å². The smallest absolute Gasteiger partial charge is 0.168 e. The van der Waals surface area contributed by atoms with Crippen molar-refractivity contribution >= 4 is 17.3 Å². The number of nitrogens with one attached hydrogen (secondary N) is 1. The van der Waals surface area contributed by atoms with Gasteiger partial charge in [-0.1, -0.05) is 30.7 Å². The Morgan fingerprint density at radius 3 is 2.92 bits per heavy atom. The maximum Gasteiger partial charge on any atom is 0.168 e. The van der Waals surface area contributed by atoms with E-state index in [0.717, 1.165) is 40.9 Å². The second-order valence-electron chi connectivity index (χ2n) is 5.89. The molecule has 2 aromatic carbocycles. The highest BCUT2D eigenvalue weighted by molar-refractivity contribution is 6.31. The number of hydrogen-bond donors (Lipinski definition) is 1. The highest BCUT2D eigenvalue weighted by Crippen LogP contribution is 2.35. The predicted octanol–water partition coefficient (Wildman–Crippen LogP) is 4.13. The van der Waals surface area contributed by atoms with Crippen molar-refractivity contribution in [2.75, 3.05) is 19.0 Å². The topological polar surface area (TPSA) is 52.0 Å². The lowest BCUT2D eigenvalue weighted by Crippen LogP contribution is -2.09. The fourth-order valence-corrected chi connectivity index (χ4v) is 3.17. The molecule has 0 amide bonds. The molecule has 122 valence electrons. The largest absolute Gasteiger partial charge is 0.497 e. The van der Waals surface area contributed by atoms with Gasteiger partial charge in [0.05, 0.1) is 18.5 Å². The summed E-state index contributed by atoms with van der Waals surface area (Å²) in [6.07, 6.45) is 0. The summed E-state index contributed by atoms with van der Waals surface area (Å²) in [6, 6.07) is 13.7. The molecule has 1 aromatic heterocycles. The number of aromatic nitrogens is 3. The van der Waals surface area contributed by atoms with E-state index in [9.17, 15) is 0 Å². The first-order chi connectivity index (χ1) is 11.7. The lowest BCUT2D eigenvalue weighted by atomic mass is 10.1. The highest BCUT2D eigenvalue weighted by Gasteiger charge is 2.25. The molecule has 5 nitrogen and oxygen atoms in total. The molecule has 2 heterocycles. The molecule has 6 heteroatoms. The van der Waals surface area contributed by atoms with Gasteiger partial charge >= 0.3 is 0 Å². The minimum absolute atomic E-state index is 0.225. The second-order valence-corrected chi connectivity index (χ2v) is 6.33. The first-order valence-corrected chi connectivity index (χ1v) is 8.18. The maximum absolute atomic E-state index is 6.17. The van der Waals surface area contributed by atoms with Gasteiger partial charge in [-0.05, 0) is 30.3 Å². The van der Waals surface area contributed by atoms with E-state index in [1.807, 2.05) is 42.5 Å². The second kappa shape index (κ2) is 5.83. The Hall–Kier alpha value is -2.53. The average Bonchev–Trinajstić information content (AvgIpc) is 2.99. The van der Waals surface area contributed by atoms with Crippen LogP contribution in [0.25, 0.3) is 17.1 Å². The molecule has 1 N–H and O–H groups in total. The number of hydrogen-bond acceptors (Lipinski definition) is 4. The van der Waals surface area contributed by atoms with Crippen LogP contribution in [-0.2, 0) is 0 Å². The molecule has 0 aliphatic carbocycles. The summed E-state index contributed by atoms with van der Waals surface area (Å²) in [5.74, 6) is 2.74. The first kappa shape index (κ1) is 15.0. The third-order valence-corrected chi connectivity index (χ3v) is 4.49. The van der Waals surface area contributed by atoms with Crippen LogP contribution < -0.4 is 10.1 Å². The van der Waals surface area contributed by atoms with Gasteiger partial charge in [-0.15, -0.1) is 10.2 Å². The molecule has 0 fully saturated rings. The molecule has 24 heavy (non-hydrogen) atoms. The number of halogens is 1. The summed E-state index contributed by atoms with van der Waals surface area (Å²) in [5.41, 5.74) is 2.95. The fourth-order valence-electron chi connectivity index (χ4n) is 3.00. The van der Waals surface area contributed by atoms with Gasteiger partial charge in [0.15, 0.2) is 5.82 Å². The Balaban J connectivity index is 1.96. The molecular weight excluding hydrogens is 324 g/mol. The molecule has 0 spiro atoms. The zero-order valence-corrected chi connectivity index (χ0v) is 14.2. The lowest BCUT2D eigenvalue weighted by molar-refractivity contribution is 0.415. The summed E-state index contributed by atoms with van der Waals surface area (Å²) in [7, 11) is 1.66. The number of nitrogens with zero attached hydrogens (tertiary/aromatic N) is 3. The van der Waals surface area contributed by atoms with E-state index in [2.05, 4.69) is 27.0 Å². The van der Waals surface area contributed by atoms with Crippen LogP contribution in [0.2, 0.25) is 5.02 Å². The van der Waals surface area contributed by atoms with Crippen LogP contribution in [-0.4, -0.2) is 28.4 Å². The van der Waals surface area contributed by atoms with Gasteiger partial charge in [-0.3, -0.25) is 4.57 Å². The number of methoxy groups -OCH3 is 1. The lowest BCUT2D eigenvalue weighted by Gasteiger charge is -2.13. The average molecular weight is 341 g/mol. The first-order valence-electron chi connectivity index (χ1n) is 7.81. The van der Waals surface area contributed by atoms with Crippen LogP contribution in [0.5, 0.6) is 5.75 Å². The van der Waals surface area contributed by atoms with Gasteiger partial charge in [0.1, 0.15) is 11.6 Å². The molecule has 1 aliphatic heterocycles. The van der Waals surface area contributed by atoms with E-state index in [0.29, 0.717) is 5.02 Å². The molecule has 0 saturated heterocycles. The summed E-state index contributed by atoms with van der Waals surface area (Å²) >= 11 is 6.17. The van der Waals surface area contributed by atoms with Crippen molar-refractivity contribution in [1.29, 1.82) is 0 Å². The Bertz CT molecular complexity index is 906. The normalized spacial score (nSPS) is 15.9. The van der Waals surface area contributed by atoms with Crippen molar-refractivity contribution in [3.63, 3.8) is 0 Å². The molecular formula is C18H17ClN4O. The zero-order chi connectivity index (χ0) is 16.7. The number of benzene rings is 2. The summed E-state index contributed by atoms with van der Waals surface area (Å²) < 4.78 is 7.44. The van der Waals surface area contributed by atoms with Crippen LogP contribution in [0.3, 0.4) is 0 Å². The van der Waals surface area contributed by atoms with Gasteiger partial charge < -0.3 is 10.1 Å². The standard InChI is InChI=1S/C18H17ClN4O/c1-11-10-20-15-9-13(19)6-7-16(15)23-17(11)21-22-18(23)12-4-3-5-14(8-12)24-2/h3-9,11,20H,10H2,1-2H3/t11-/m1/s1. The molecule has 1 aliphatic rings. The van der Waals surface area contributed by atoms with Crippen LogP contribution in [0.4, 0.5) is 5.69 Å². The predicted molar refractivity (Wildman–Crippen MR) is 95.3 cm³/mol. The quantitative estimate of drug-likeness (QED) is 0.762. The highest BCUT2D eigenvalue weighted by atomic mass is 35.5. The summed E-state index contributed by atoms with van der Waals surface area (Å²) in [6.45, 7) is 2.92. The van der Waals surface area contributed by atoms with E-state index in [1.165, 1.54) is 0 Å². The van der Waals surface area contributed by atoms with E-state index in [1.54, 1.807) is 7.11 Å². The van der Waals surface area contributed by atoms with Crippen LogP contribution in [0.15, 0.2) is 42.5 Å². The molecule has 0 radical (unpaired) electrons. The number of anilines is 1. The summed E-state index contributed by atoms with van der Waals surface area (Å²) in [4.78, 5) is 0. The Labute approximate surface area is 145 Å². The van der Waals surface area contributed by atoms with Gasteiger partial charge in [0.25, 0.3) is 0 Å². The maximum atomic E-state index is 6.17. The van der Waals surface area contributed by atoms with Crippen LogP contribution in [0.1, 0.15) is 18.7 Å². The Morgan fingerprint density at radius 2 is 2.08 bits per heavy atom. The molecule has 0 bridgehead atoms. The van der Waals surface area contributed by atoms with Crippen molar-refractivity contribution in [3.8, 4) is 22.8 Å². The number of rotatable bonds is 2. The van der Waals surface area contributed by atoms with E-state index < -0.39 is 0 Å². The monoisotopic (exact) mass is 340 g/mol. The van der Waals surface area contributed by atoms with Crippen molar-refractivity contribution in [3.05, 3.63) is 53.3 Å². The SMILES string of the molecule is COc1cccc(-c2nnc3n2-c2ccc(Cl)cc2NC[C@H]3C)c1. The van der Waals surface area contributed by atoms with Crippen molar-refractivity contribution in [2.45, 2.75) is 12.8 Å². The molecule has 1 atom stereocenters. The van der Waals surface area contributed by atoms with Crippen LogP contribution in [0, 0.1) is 0 Å². The van der Waals surface area contributed by atoms with Gasteiger partial charge in [-0.25, -0.2) is 0 Å². The minimum atomic E-state index is 0.225. The van der Waals surface area contributed by atoms with E-state index in [4.69, 9.17) is 16.3 Å². The summed E-state index contributed by atoms with van der Waals surface area (Å²) in [5, 5.41) is 13.1. The van der Waals surface area contributed by atoms with Gasteiger partial charge in [-0.2, -0.15) is 0 Å². The molecule has 0 saturated carbocycles. The molecule has 4 rings (SSSR count). The van der Waals surface area contributed by atoms with Crippen LogP contribution >= 0.6 is 11.6 Å². The molecule has 3 aromatic rings. The Morgan fingerprint density at radius 1 is 1.21 bits per heavy atom. The fraction of sp³-hybridized carbons (Fsp3) is 0.222. The number of fused-ring (bicyclic) bond motifs is 3. The third-order valence-electron chi connectivity index (χ3n) is 4.25. The third kappa shape index (κ3) is 2.41. The van der Waals surface area contributed by atoms with E-state index >= 15 is 0 Å². The zero-order valence-electron chi connectivity index (χ0n) is 13.5. The minimum Gasteiger partial charge on any atom is -0.497 e. The number of ether oxygens (including phenoxy) is 1. The Kier molecular flexibility index (Phi) is 3.65. The van der Waals surface area contributed by atoms with E-state index in [-0.39, 0.29) is 5.92 Å². The van der Waals surface area contributed by atoms with Crippen molar-refractivity contribution < 1.29 is 4.74 Å². The van der Waals surface area contributed by atoms with Gasteiger partial charge in [0, 0.05) is 23.0 Å².